The molecule has 5 heteroatoms. The van der Waals surface area contributed by atoms with Gasteiger partial charge in [-0.1, -0.05) is 6.07 Å². The molecular formula is C15H10F2N2O. The van der Waals surface area contributed by atoms with E-state index < -0.39 is 24.0 Å². The molecule has 0 bridgehead atoms. The molecule has 1 N–H and O–H groups in total. The summed E-state index contributed by atoms with van der Waals surface area (Å²) in [6.45, 7) is 0. The van der Waals surface area contributed by atoms with Gasteiger partial charge in [-0.25, -0.2) is 8.78 Å². The highest BCUT2D eigenvalue weighted by Crippen LogP contribution is 2.14. The SMILES string of the molecule is N#Cc1ccc(NC(=O)Cc2c(F)cccc2F)cc1. The number of benzene rings is 2. The van der Waals surface area contributed by atoms with Gasteiger partial charge in [-0.2, -0.15) is 5.26 Å². The van der Waals surface area contributed by atoms with Gasteiger partial charge in [-0.05, 0) is 36.4 Å². The number of anilines is 1. The Morgan fingerprint density at radius 1 is 1.10 bits per heavy atom. The van der Waals surface area contributed by atoms with Crippen molar-refractivity contribution in [2.24, 2.45) is 0 Å². The second-order valence-corrected chi connectivity index (χ2v) is 4.11. The van der Waals surface area contributed by atoms with E-state index in [4.69, 9.17) is 5.26 Å². The predicted octanol–water partition coefficient (Wildman–Crippen LogP) is 3.02. The predicted molar refractivity (Wildman–Crippen MR) is 69.8 cm³/mol. The second-order valence-electron chi connectivity index (χ2n) is 4.11. The number of carbonyl (C=O) groups is 1. The van der Waals surface area contributed by atoms with Gasteiger partial charge >= 0.3 is 0 Å². The molecular weight excluding hydrogens is 262 g/mol. The van der Waals surface area contributed by atoms with Crippen LogP contribution in [0.5, 0.6) is 0 Å². The van der Waals surface area contributed by atoms with Crippen molar-refractivity contribution in [3.05, 3.63) is 65.2 Å². The van der Waals surface area contributed by atoms with Crippen molar-refractivity contribution in [2.45, 2.75) is 6.42 Å². The van der Waals surface area contributed by atoms with Crippen LogP contribution in [-0.2, 0) is 11.2 Å². The van der Waals surface area contributed by atoms with E-state index in [1.807, 2.05) is 6.07 Å². The summed E-state index contributed by atoms with van der Waals surface area (Å²) in [5.41, 5.74) is 0.660. The molecule has 1 amide bonds. The van der Waals surface area contributed by atoms with Gasteiger partial charge in [-0.3, -0.25) is 4.79 Å². The Bertz CT molecular complexity index is 655. The molecule has 0 radical (unpaired) electrons. The Kier molecular flexibility index (Phi) is 4.06. The first-order valence-electron chi connectivity index (χ1n) is 5.83. The van der Waals surface area contributed by atoms with Crippen LogP contribution >= 0.6 is 0 Å². The van der Waals surface area contributed by atoms with Crippen LogP contribution in [0.4, 0.5) is 14.5 Å². The van der Waals surface area contributed by atoms with Gasteiger partial charge in [0.2, 0.25) is 5.91 Å². The molecule has 0 atom stereocenters. The van der Waals surface area contributed by atoms with Crippen molar-refractivity contribution in [1.29, 1.82) is 5.26 Å². The highest BCUT2D eigenvalue weighted by Gasteiger charge is 2.13. The molecule has 0 fully saturated rings. The Morgan fingerprint density at radius 3 is 2.25 bits per heavy atom. The molecule has 0 spiro atoms. The van der Waals surface area contributed by atoms with E-state index in [1.165, 1.54) is 6.07 Å². The Balaban J connectivity index is 2.07. The van der Waals surface area contributed by atoms with Crippen LogP contribution in [-0.4, -0.2) is 5.91 Å². The number of hydrogen-bond acceptors (Lipinski definition) is 2. The maximum absolute atomic E-state index is 13.4. The van der Waals surface area contributed by atoms with E-state index in [1.54, 1.807) is 24.3 Å². The van der Waals surface area contributed by atoms with Gasteiger partial charge in [0.1, 0.15) is 11.6 Å². The molecule has 3 nitrogen and oxygen atoms in total. The van der Waals surface area contributed by atoms with Crippen molar-refractivity contribution < 1.29 is 13.6 Å². The summed E-state index contributed by atoms with van der Waals surface area (Å²) in [7, 11) is 0. The van der Waals surface area contributed by atoms with Crippen LogP contribution in [0.3, 0.4) is 0 Å². The monoisotopic (exact) mass is 272 g/mol. The van der Waals surface area contributed by atoms with E-state index in [2.05, 4.69) is 5.32 Å². The van der Waals surface area contributed by atoms with Gasteiger partial charge in [-0.15, -0.1) is 0 Å². The second kappa shape index (κ2) is 5.93. The summed E-state index contributed by atoms with van der Waals surface area (Å²) in [6.07, 6.45) is -0.390. The van der Waals surface area contributed by atoms with Gasteiger partial charge in [0.05, 0.1) is 18.1 Å². The molecule has 2 rings (SSSR count). The van der Waals surface area contributed by atoms with Crippen LogP contribution in [0.15, 0.2) is 42.5 Å². The maximum atomic E-state index is 13.4. The Labute approximate surface area is 114 Å². The highest BCUT2D eigenvalue weighted by atomic mass is 19.1. The summed E-state index contributed by atoms with van der Waals surface area (Å²) in [6, 6.07) is 11.6. The summed E-state index contributed by atoms with van der Waals surface area (Å²) < 4.78 is 26.8. The van der Waals surface area contributed by atoms with Crippen molar-refractivity contribution >= 4 is 11.6 Å². The number of rotatable bonds is 3. The molecule has 0 aliphatic carbocycles. The van der Waals surface area contributed by atoms with Gasteiger partial charge in [0, 0.05) is 11.3 Å². The topological polar surface area (TPSA) is 52.9 Å². The number of hydrogen-bond donors (Lipinski definition) is 1. The molecule has 0 unspecified atom stereocenters. The van der Waals surface area contributed by atoms with E-state index in [0.717, 1.165) is 12.1 Å². The standard InChI is InChI=1S/C15H10F2N2O/c16-13-2-1-3-14(17)12(13)8-15(20)19-11-6-4-10(9-18)5-7-11/h1-7H,8H2,(H,19,20). The number of halogens is 2. The normalized spacial score (nSPS) is 9.85. The minimum absolute atomic E-state index is 0.265. The minimum atomic E-state index is -0.750. The third-order valence-corrected chi connectivity index (χ3v) is 2.70. The average Bonchev–Trinajstić information content (AvgIpc) is 2.44. The first-order valence-corrected chi connectivity index (χ1v) is 5.83. The van der Waals surface area contributed by atoms with Gasteiger partial charge in [0.25, 0.3) is 0 Å². The molecule has 0 aliphatic rings. The van der Waals surface area contributed by atoms with Crippen molar-refractivity contribution in [3.63, 3.8) is 0 Å². The average molecular weight is 272 g/mol. The molecule has 2 aromatic carbocycles. The number of amides is 1. The number of carbonyl (C=O) groups excluding carboxylic acids is 1. The summed E-state index contributed by atoms with van der Waals surface area (Å²) in [5.74, 6) is -2.03. The largest absolute Gasteiger partial charge is 0.326 e. The fraction of sp³-hybridized carbons (Fsp3) is 0.0667. The van der Waals surface area contributed by atoms with Crippen LogP contribution in [0.1, 0.15) is 11.1 Å². The zero-order valence-corrected chi connectivity index (χ0v) is 10.4. The lowest BCUT2D eigenvalue weighted by Gasteiger charge is -2.07. The fourth-order valence-electron chi connectivity index (χ4n) is 1.70. The maximum Gasteiger partial charge on any atom is 0.229 e. The van der Waals surface area contributed by atoms with E-state index >= 15 is 0 Å². The summed E-state index contributed by atoms with van der Waals surface area (Å²) >= 11 is 0. The molecule has 0 aliphatic heterocycles. The Hall–Kier alpha value is -2.74. The molecule has 0 saturated heterocycles. The number of nitriles is 1. The summed E-state index contributed by atoms with van der Waals surface area (Å²) in [4.78, 5) is 11.7. The third-order valence-electron chi connectivity index (χ3n) is 2.70. The molecule has 20 heavy (non-hydrogen) atoms. The quantitative estimate of drug-likeness (QED) is 0.933. The van der Waals surface area contributed by atoms with Crippen molar-refractivity contribution in [3.8, 4) is 6.07 Å². The molecule has 0 saturated carbocycles. The Morgan fingerprint density at radius 2 is 1.70 bits per heavy atom. The number of nitrogens with zero attached hydrogens (tertiary/aromatic N) is 1. The number of nitrogens with one attached hydrogen (secondary N) is 1. The smallest absolute Gasteiger partial charge is 0.229 e. The zero-order valence-electron chi connectivity index (χ0n) is 10.4. The van der Waals surface area contributed by atoms with Crippen molar-refractivity contribution in [2.75, 3.05) is 5.32 Å². The third kappa shape index (κ3) is 3.18. The van der Waals surface area contributed by atoms with E-state index in [-0.39, 0.29) is 5.56 Å². The van der Waals surface area contributed by atoms with Crippen LogP contribution in [0.2, 0.25) is 0 Å². The van der Waals surface area contributed by atoms with E-state index in [9.17, 15) is 13.6 Å². The highest BCUT2D eigenvalue weighted by molar-refractivity contribution is 5.92. The lowest BCUT2D eigenvalue weighted by Crippen LogP contribution is -2.16. The van der Waals surface area contributed by atoms with Gasteiger partial charge < -0.3 is 5.32 Å². The minimum Gasteiger partial charge on any atom is -0.326 e. The first kappa shape index (κ1) is 13.7. The first-order chi connectivity index (χ1) is 9.60. The molecule has 0 aromatic heterocycles. The van der Waals surface area contributed by atoms with E-state index in [0.29, 0.717) is 11.3 Å². The van der Waals surface area contributed by atoms with Crippen LogP contribution in [0, 0.1) is 23.0 Å². The lowest BCUT2D eigenvalue weighted by molar-refractivity contribution is -0.115. The van der Waals surface area contributed by atoms with Gasteiger partial charge in [0.15, 0.2) is 0 Å². The fourth-order valence-corrected chi connectivity index (χ4v) is 1.70. The molecule has 0 heterocycles. The van der Waals surface area contributed by atoms with Crippen LogP contribution in [0.25, 0.3) is 0 Å². The zero-order chi connectivity index (χ0) is 14.5. The molecule has 2 aromatic rings. The molecule has 100 valence electrons. The van der Waals surface area contributed by atoms with Crippen LogP contribution < -0.4 is 5.32 Å². The summed E-state index contributed by atoms with van der Waals surface area (Å²) in [5, 5.41) is 11.2. The van der Waals surface area contributed by atoms with Crippen molar-refractivity contribution in [1.82, 2.24) is 0 Å². The lowest BCUT2D eigenvalue weighted by atomic mass is 10.1.